The molecule has 4 aromatic rings. The average Bonchev–Trinajstić information content (AvgIpc) is 3.38. The number of carboxylic acid groups (broad SMARTS) is 2. The SMILES string of the molecule is CCC(=O)O.CCC(=O)O.[Ti+2].c1ccc2[cH-]ccc2c1.c1ccc2[cH-]ccc2c1. The van der Waals surface area contributed by atoms with Crippen LogP contribution in [0, 0.1) is 0 Å². The van der Waals surface area contributed by atoms with Gasteiger partial charge in [-0.05, 0) is 0 Å². The summed E-state index contributed by atoms with van der Waals surface area (Å²) in [5, 5.41) is 20.8. The van der Waals surface area contributed by atoms with Crippen LogP contribution >= 0.6 is 0 Å². The molecule has 0 aliphatic carbocycles. The van der Waals surface area contributed by atoms with E-state index in [2.05, 4.69) is 84.9 Å². The molecule has 0 spiro atoms. The van der Waals surface area contributed by atoms with E-state index < -0.39 is 11.9 Å². The van der Waals surface area contributed by atoms with Crippen LogP contribution in [0.4, 0.5) is 0 Å². The first-order valence-electron chi connectivity index (χ1n) is 9.12. The third-order valence-electron chi connectivity index (χ3n) is 3.70. The molecular formula is C24H26O4Ti. The third kappa shape index (κ3) is 11.0. The van der Waals surface area contributed by atoms with Crippen LogP contribution in [0.1, 0.15) is 26.7 Å². The molecule has 0 unspecified atom stereocenters. The molecule has 0 radical (unpaired) electrons. The molecule has 0 bridgehead atoms. The monoisotopic (exact) mass is 426 g/mol. The maximum absolute atomic E-state index is 9.37. The molecule has 29 heavy (non-hydrogen) atoms. The number of carboxylic acids is 2. The Balaban J connectivity index is 0.000000373. The van der Waals surface area contributed by atoms with Crippen molar-refractivity contribution in [3.63, 3.8) is 0 Å². The number of benzene rings is 2. The first-order valence-corrected chi connectivity index (χ1v) is 9.12. The maximum atomic E-state index is 9.37. The number of aliphatic carboxylic acids is 2. The van der Waals surface area contributed by atoms with Crippen LogP contribution in [-0.2, 0) is 31.3 Å². The first kappa shape index (κ1) is 26.3. The Bertz CT molecular complexity index is 829. The fourth-order valence-corrected chi connectivity index (χ4v) is 2.14. The van der Waals surface area contributed by atoms with E-state index in [-0.39, 0.29) is 34.6 Å². The number of carbonyl (C=O) groups is 2. The van der Waals surface area contributed by atoms with Gasteiger partial charge in [-0.3, -0.25) is 9.59 Å². The molecule has 2 N–H and O–H groups in total. The van der Waals surface area contributed by atoms with Crippen molar-refractivity contribution in [3.05, 3.63) is 84.9 Å². The van der Waals surface area contributed by atoms with Gasteiger partial charge in [-0.25, -0.2) is 0 Å². The molecular weight excluding hydrogens is 400 g/mol. The number of hydrogen-bond donors (Lipinski definition) is 2. The fourth-order valence-electron chi connectivity index (χ4n) is 2.14. The molecule has 0 heterocycles. The van der Waals surface area contributed by atoms with Crippen LogP contribution in [0.15, 0.2) is 84.9 Å². The summed E-state index contributed by atoms with van der Waals surface area (Å²) in [7, 11) is 0. The Morgan fingerprint density at radius 1 is 0.690 bits per heavy atom. The minimum absolute atomic E-state index is 0. The van der Waals surface area contributed by atoms with Crippen molar-refractivity contribution in [1.82, 2.24) is 0 Å². The summed E-state index contributed by atoms with van der Waals surface area (Å²) in [5.41, 5.74) is 0. The molecule has 0 aromatic heterocycles. The van der Waals surface area contributed by atoms with E-state index in [0.29, 0.717) is 0 Å². The van der Waals surface area contributed by atoms with Gasteiger partial charge in [0.2, 0.25) is 0 Å². The van der Waals surface area contributed by atoms with Crippen molar-refractivity contribution in [2.24, 2.45) is 0 Å². The van der Waals surface area contributed by atoms with Crippen molar-refractivity contribution in [2.45, 2.75) is 26.7 Å². The molecule has 4 rings (SSSR count). The molecule has 0 fully saturated rings. The molecule has 4 nitrogen and oxygen atoms in total. The van der Waals surface area contributed by atoms with Gasteiger partial charge in [-0.2, -0.15) is 35.0 Å². The van der Waals surface area contributed by atoms with Crippen LogP contribution in [-0.4, -0.2) is 22.2 Å². The minimum Gasteiger partial charge on any atom is -0.481 e. The number of fused-ring (bicyclic) bond motifs is 2. The van der Waals surface area contributed by atoms with Crippen LogP contribution in [0.3, 0.4) is 0 Å². The van der Waals surface area contributed by atoms with Crippen LogP contribution in [0.25, 0.3) is 21.5 Å². The van der Waals surface area contributed by atoms with E-state index in [4.69, 9.17) is 10.2 Å². The van der Waals surface area contributed by atoms with Crippen LogP contribution in [0.5, 0.6) is 0 Å². The predicted molar refractivity (Wildman–Crippen MR) is 115 cm³/mol. The predicted octanol–water partition coefficient (Wildman–Crippen LogP) is 6.08. The van der Waals surface area contributed by atoms with Crippen molar-refractivity contribution in [1.29, 1.82) is 0 Å². The van der Waals surface area contributed by atoms with Gasteiger partial charge < -0.3 is 10.2 Å². The summed E-state index contributed by atoms with van der Waals surface area (Å²) in [6.07, 6.45) is 0.444. The minimum atomic E-state index is -0.745. The topological polar surface area (TPSA) is 74.6 Å². The number of hydrogen-bond acceptors (Lipinski definition) is 2. The average molecular weight is 426 g/mol. The summed E-state index contributed by atoms with van der Waals surface area (Å²) < 4.78 is 0. The standard InChI is InChI=1S/2C9H7.2C3H6O2.Ti/c2*1-2-5-9-7-3-6-8(9)4-1;2*1-2-3(4)5;/h2*1-7H;2*2H2,1H3,(H,4,5);/q2*-1;;;+2. The van der Waals surface area contributed by atoms with E-state index in [1.54, 1.807) is 13.8 Å². The van der Waals surface area contributed by atoms with Crippen molar-refractivity contribution >= 4 is 33.5 Å². The Morgan fingerprint density at radius 2 is 1.00 bits per heavy atom. The smallest absolute Gasteiger partial charge is 0.481 e. The summed E-state index contributed by atoms with van der Waals surface area (Å²) in [5.74, 6) is -1.49. The molecule has 0 amide bonds. The largest absolute Gasteiger partial charge is 2.00 e. The first-order chi connectivity index (χ1) is 13.5. The van der Waals surface area contributed by atoms with Gasteiger partial charge in [0.25, 0.3) is 0 Å². The van der Waals surface area contributed by atoms with Gasteiger partial charge in [0, 0.05) is 12.8 Å². The normalized spacial score (nSPS) is 8.90. The van der Waals surface area contributed by atoms with Crippen LogP contribution in [0.2, 0.25) is 0 Å². The second-order valence-corrected chi connectivity index (χ2v) is 5.80. The van der Waals surface area contributed by atoms with Gasteiger partial charge in [0.1, 0.15) is 0 Å². The van der Waals surface area contributed by atoms with E-state index in [1.807, 2.05) is 0 Å². The zero-order valence-corrected chi connectivity index (χ0v) is 18.3. The second-order valence-electron chi connectivity index (χ2n) is 5.80. The summed E-state index contributed by atoms with van der Waals surface area (Å²) >= 11 is 0. The third-order valence-corrected chi connectivity index (χ3v) is 3.70. The zero-order chi connectivity index (χ0) is 20.8. The molecule has 0 aliphatic rings. The van der Waals surface area contributed by atoms with Crippen molar-refractivity contribution in [2.75, 3.05) is 0 Å². The maximum Gasteiger partial charge on any atom is 2.00 e. The Morgan fingerprint density at radius 3 is 1.28 bits per heavy atom. The fraction of sp³-hybridized carbons (Fsp3) is 0.167. The molecule has 4 aromatic carbocycles. The van der Waals surface area contributed by atoms with Gasteiger partial charge >= 0.3 is 33.7 Å². The zero-order valence-electron chi connectivity index (χ0n) is 16.7. The summed E-state index contributed by atoms with van der Waals surface area (Å²) in [4.78, 5) is 18.7. The molecule has 150 valence electrons. The Hall–Kier alpha value is -2.69. The van der Waals surface area contributed by atoms with E-state index in [1.165, 1.54) is 21.5 Å². The Kier molecular flexibility index (Phi) is 13.8. The van der Waals surface area contributed by atoms with Crippen LogP contribution < -0.4 is 0 Å². The molecule has 5 heteroatoms. The second kappa shape index (κ2) is 15.3. The van der Waals surface area contributed by atoms with Gasteiger partial charge in [0.05, 0.1) is 0 Å². The summed E-state index contributed by atoms with van der Waals surface area (Å²) in [6, 6.07) is 29.3. The van der Waals surface area contributed by atoms with E-state index in [0.717, 1.165) is 0 Å². The molecule has 0 saturated carbocycles. The van der Waals surface area contributed by atoms with Crippen molar-refractivity contribution in [3.8, 4) is 0 Å². The van der Waals surface area contributed by atoms with E-state index in [9.17, 15) is 9.59 Å². The molecule has 0 aliphatic heterocycles. The van der Waals surface area contributed by atoms with E-state index >= 15 is 0 Å². The van der Waals surface area contributed by atoms with Gasteiger partial charge in [0.15, 0.2) is 0 Å². The van der Waals surface area contributed by atoms with Crippen molar-refractivity contribution < 1.29 is 41.5 Å². The quantitative estimate of drug-likeness (QED) is 0.301. The number of rotatable bonds is 2. The molecule has 0 saturated heterocycles. The van der Waals surface area contributed by atoms with Gasteiger partial charge in [-0.15, -0.1) is 59.3 Å². The Labute approximate surface area is 186 Å². The molecule has 0 atom stereocenters. The summed E-state index contributed by atoms with van der Waals surface area (Å²) in [6.45, 7) is 3.20. The van der Waals surface area contributed by atoms with Gasteiger partial charge in [-0.1, -0.05) is 26.0 Å².